The van der Waals surface area contributed by atoms with Gasteiger partial charge in [-0.1, -0.05) is 20.8 Å². The second-order valence-electron chi connectivity index (χ2n) is 6.21. The Morgan fingerprint density at radius 2 is 1.86 bits per heavy atom. The van der Waals surface area contributed by atoms with Crippen molar-refractivity contribution in [3.63, 3.8) is 0 Å². The van der Waals surface area contributed by atoms with Crippen LogP contribution in [-0.2, 0) is 4.79 Å². The maximum Gasteiger partial charge on any atom is 0.243 e. The van der Waals surface area contributed by atoms with Crippen molar-refractivity contribution in [3.8, 4) is 0 Å². The minimum atomic E-state index is 0. The van der Waals surface area contributed by atoms with E-state index in [4.69, 9.17) is 0 Å². The fraction of sp³-hybridized carbons (Fsp3) is 0.867. The standard InChI is InChI=1S/C15H30N4O.HI/c1-6-7-16-15(17-9-14(20)18(4)5)19-10-12(2)8-13(3)11-19;/h12-13H,6-11H2,1-5H3,(H,16,17);1H. The van der Waals surface area contributed by atoms with Crippen molar-refractivity contribution in [1.29, 1.82) is 0 Å². The Bertz CT molecular complexity index is 337. The quantitative estimate of drug-likeness (QED) is 0.438. The molecule has 2 unspecified atom stereocenters. The average molecular weight is 410 g/mol. The molecular formula is C15H31IN4O. The molecular weight excluding hydrogens is 379 g/mol. The monoisotopic (exact) mass is 410 g/mol. The molecule has 0 aromatic rings. The Morgan fingerprint density at radius 1 is 1.29 bits per heavy atom. The number of nitrogens with one attached hydrogen (secondary N) is 1. The predicted octanol–water partition coefficient (Wildman–Crippen LogP) is 2.03. The molecule has 0 spiro atoms. The molecule has 6 heteroatoms. The molecule has 0 saturated carbocycles. The van der Waals surface area contributed by atoms with Gasteiger partial charge in [-0.2, -0.15) is 0 Å². The van der Waals surface area contributed by atoms with Crippen molar-refractivity contribution in [2.24, 2.45) is 16.8 Å². The van der Waals surface area contributed by atoms with Gasteiger partial charge in [0.1, 0.15) is 6.54 Å². The van der Waals surface area contributed by atoms with Gasteiger partial charge in [0.2, 0.25) is 5.91 Å². The molecule has 1 aliphatic rings. The molecule has 0 aromatic carbocycles. The number of hydrogen-bond donors (Lipinski definition) is 1. The van der Waals surface area contributed by atoms with E-state index in [1.807, 2.05) is 0 Å². The molecule has 1 heterocycles. The van der Waals surface area contributed by atoms with Gasteiger partial charge >= 0.3 is 0 Å². The SMILES string of the molecule is CCCNC(=NCC(=O)N(C)C)N1CC(C)CC(C)C1.I. The van der Waals surface area contributed by atoms with Crippen LogP contribution in [-0.4, -0.2) is 61.9 Å². The highest BCUT2D eigenvalue weighted by atomic mass is 127. The molecule has 1 rings (SSSR count). The van der Waals surface area contributed by atoms with Crippen molar-refractivity contribution < 1.29 is 4.79 Å². The van der Waals surface area contributed by atoms with Crippen LogP contribution in [0.15, 0.2) is 4.99 Å². The van der Waals surface area contributed by atoms with Crippen LogP contribution in [0.5, 0.6) is 0 Å². The van der Waals surface area contributed by atoms with Crippen molar-refractivity contribution in [3.05, 3.63) is 0 Å². The van der Waals surface area contributed by atoms with Crippen LogP contribution in [0.4, 0.5) is 0 Å². The summed E-state index contributed by atoms with van der Waals surface area (Å²) in [4.78, 5) is 20.1. The highest BCUT2D eigenvalue weighted by molar-refractivity contribution is 14.0. The summed E-state index contributed by atoms with van der Waals surface area (Å²) in [6.07, 6.45) is 2.33. The number of hydrogen-bond acceptors (Lipinski definition) is 2. The molecule has 0 aliphatic carbocycles. The first-order chi connectivity index (χ1) is 9.43. The summed E-state index contributed by atoms with van der Waals surface area (Å²) in [6, 6.07) is 0. The highest BCUT2D eigenvalue weighted by Crippen LogP contribution is 2.20. The van der Waals surface area contributed by atoms with Crippen LogP contribution in [0.1, 0.15) is 33.6 Å². The van der Waals surface area contributed by atoms with E-state index >= 15 is 0 Å². The number of guanidine groups is 1. The first-order valence-corrected chi connectivity index (χ1v) is 7.67. The Hall–Kier alpha value is -0.530. The van der Waals surface area contributed by atoms with Crippen molar-refractivity contribution in [2.45, 2.75) is 33.6 Å². The van der Waals surface area contributed by atoms with Crippen LogP contribution in [0.25, 0.3) is 0 Å². The lowest BCUT2D eigenvalue weighted by molar-refractivity contribution is -0.127. The molecule has 1 aliphatic heterocycles. The molecule has 124 valence electrons. The smallest absolute Gasteiger partial charge is 0.243 e. The third-order valence-corrected chi connectivity index (χ3v) is 3.56. The first-order valence-electron chi connectivity index (χ1n) is 7.67. The lowest BCUT2D eigenvalue weighted by Crippen LogP contribution is -2.49. The van der Waals surface area contributed by atoms with Gasteiger partial charge in [-0.3, -0.25) is 4.79 Å². The third-order valence-electron chi connectivity index (χ3n) is 3.56. The Morgan fingerprint density at radius 3 is 2.33 bits per heavy atom. The van der Waals surface area contributed by atoms with E-state index in [2.05, 4.69) is 36.0 Å². The number of halogens is 1. The van der Waals surface area contributed by atoms with Crippen molar-refractivity contribution >= 4 is 35.8 Å². The maximum absolute atomic E-state index is 11.7. The maximum atomic E-state index is 11.7. The lowest BCUT2D eigenvalue weighted by atomic mass is 9.92. The van der Waals surface area contributed by atoms with Gasteiger partial charge in [0.25, 0.3) is 0 Å². The summed E-state index contributed by atoms with van der Waals surface area (Å²) in [6.45, 7) is 9.87. The van der Waals surface area contributed by atoms with E-state index in [1.54, 1.807) is 19.0 Å². The Labute approximate surface area is 146 Å². The average Bonchev–Trinajstić information content (AvgIpc) is 2.37. The van der Waals surface area contributed by atoms with Crippen LogP contribution < -0.4 is 5.32 Å². The van der Waals surface area contributed by atoms with E-state index < -0.39 is 0 Å². The molecule has 0 bridgehead atoms. The molecule has 1 saturated heterocycles. The second kappa shape index (κ2) is 10.2. The zero-order chi connectivity index (χ0) is 15.1. The van der Waals surface area contributed by atoms with Gasteiger partial charge in [0.05, 0.1) is 0 Å². The van der Waals surface area contributed by atoms with Crippen LogP contribution in [0, 0.1) is 11.8 Å². The summed E-state index contributed by atoms with van der Waals surface area (Å²) in [7, 11) is 3.53. The van der Waals surface area contributed by atoms with E-state index in [0.717, 1.165) is 32.0 Å². The molecule has 5 nitrogen and oxygen atoms in total. The Kier molecular flexibility index (Phi) is 9.98. The molecule has 0 aromatic heterocycles. The van der Waals surface area contributed by atoms with Gasteiger partial charge in [-0.15, -0.1) is 24.0 Å². The minimum Gasteiger partial charge on any atom is -0.356 e. The fourth-order valence-corrected chi connectivity index (χ4v) is 2.62. The molecule has 0 radical (unpaired) electrons. The number of piperidine rings is 1. The number of carbonyl (C=O) groups is 1. The van der Waals surface area contributed by atoms with E-state index in [0.29, 0.717) is 11.8 Å². The topological polar surface area (TPSA) is 47.9 Å². The van der Waals surface area contributed by atoms with E-state index in [-0.39, 0.29) is 36.4 Å². The zero-order valence-corrected chi connectivity index (χ0v) is 16.4. The molecule has 1 amide bonds. The zero-order valence-electron chi connectivity index (χ0n) is 14.1. The van der Waals surface area contributed by atoms with Gasteiger partial charge in [-0.05, 0) is 24.7 Å². The van der Waals surface area contributed by atoms with Gasteiger partial charge < -0.3 is 15.1 Å². The van der Waals surface area contributed by atoms with Gasteiger partial charge in [0, 0.05) is 33.7 Å². The summed E-state index contributed by atoms with van der Waals surface area (Å²) in [5.74, 6) is 2.29. The first kappa shape index (κ1) is 20.5. The number of carbonyl (C=O) groups excluding carboxylic acids is 1. The van der Waals surface area contributed by atoms with Crippen LogP contribution in [0.3, 0.4) is 0 Å². The third kappa shape index (κ3) is 7.33. The van der Waals surface area contributed by atoms with Crippen molar-refractivity contribution in [2.75, 3.05) is 40.3 Å². The normalized spacial score (nSPS) is 22.5. The number of rotatable bonds is 4. The minimum absolute atomic E-state index is 0. The summed E-state index contributed by atoms with van der Waals surface area (Å²) in [5, 5.41) is 3.38. The number of likely N-dealkylation sites (tertiary alicyclic amines) is 1. The highest BCUT2D eigenvalue weighted by Gasteiger charge is 2.24. The molecule has 1 fully saturated rings. The molecule has 1 N–H and O–H groups in total. The molecule has 2 atom stereocenters. The molecule has 21 heavy (non-hydrogen) atoms. The largest absolute Gasteiger partial charge is 0.356 e. The summed E-state index contributed by atoms with van der Waals surface area (Å²) in [5.41, 5.74) is 0. The number of likely N-dealkylation sites (N-methyl/N-ethyl adjacent to an activating group) is 1. The summed E-state index contributed by atoms with van der Waals surface area (Å²) >= 11 is 0. The number of nitrogens with zero attached hydrogens (tertiary/aromatic N) is 3. The fourth-order valence-electron chi connectivity index (χ4n) is 2.62. The predicted molar refractivity (Wildman–Crippen MR) is 99.2 cm³/mol. The van der Waals surface area contributed by atoms with Crippen molar-refractivity contribution in [1.82, 2.24) is 15.1 Å². The van der Waals surface area contributed by atoms with E-state index in [9.17, 15) is 4.79 Å². The van der Waals surface area contributed by atoms with E-state index in [1.165, 1.54) is 6.42 Å². The van der Waals surface area contributed by atoms with Gasteiger partial charge in [-0.25, -0.2) is 4.99 Å². The number of amides is 1. The van der Waals surface area contributed by atoms with Crippen LogP contribution in [0.2, 0.25) is 0 Å². The number of aliphatic imine (C=N–C) groups is 1. The lowest BCUT2D eigenvalue weighted by Gasteiger charge is -2.37. The van der Waals surface area contributed by atoms with Gasteiger partial charge in [0.15, 0.2) is 5.96 Å². The summed E-state index contributed by atoms with van der Waals surface area (Å²) < 4.78 is 0. The van der Waals surface area contributed by atoms with Crippen LogP contribution >= 0.6 is 24.0 Å². The Balaban J connectivity index is 0.00000400. The second-order valence-corrected chi connectivity index (χ2v) is 6.21.